The maximum Gasteiger partial charge on any atom is 0.332 e. The van der Waals surface area contributed by atoms with E-state index in [1.54, 1.807) is 4.90 Å². The first kappa shape index (κ1) is 12.7. The standard InChI is InChI=1S/C9H17N3O4/c13-7(8(14)15)1-2-11-9(16)12-5-3-10-4-6-12/h7,10,13H,1-6H2,(H,11,16)(H,14,15). The Balaban J connectivity index is 2.16. The van der Waals surface area contributed by atoms with Crippen LogP contribution in [0, 0.1) is 0 Å². The van der Waals surface area contributed by atoms with E-state index in [9.17, 15) is 9.59 Å². The molecule has 16 heavy (non-hydrogen) atoms. The number of nitrogens with zero attached hydrogens (tertiary/aromatic N) is 1. The summed E-state index contributed by atoms with van der Waals surface area (Å²) in [4.78, 5) is 23.5. The van der Waals surface area contributed by atoms with Crippen molar-refractivity contribution in [2.75, 3.05) is 32.7 Å². The van der Waals surface area contributed by atoms with Crippen LogP contribution in [0.15, 0.2) is 0 Å². The van der Waals surface area contributed by atoms with Gasteiger partial charge in [0.1, 0.15) is 0 Å². The normalized spacial score (nSPS) is 17.9. The highest BCUT2D eigenvalue weighted by molar-refractivity contribution is 5.74. The van der Waals surface area contributed by atoms with Crippen molar-refractivity contribution in [2.24, 2.45) is 0 Å². The van der Waals surface area contributed by atoms with Crippen molar-refractivity contribution >= 4 is 12.0 Å². The minimum Gasteiger partial charge on any atom is -0.479 e. The SMILES string of the molecule is O=C(O)C(O)CCNC(=O)N1CCNCC1. The lowest BCUT2D eigenvalue weighted by Gasteiger charge is -2.27. The zero-order valence-corrected chi connectivity index (χ0v) is 8.98. The Hall–Kier alpha value is -1.34. The number of carbonyl (C=O) groups is 2. The van der Waals surface area contributed by atoms with E-state index in [0.29, 0.717) is 13.1 Å². The molecule has 2 amide bonds. The van der Waals surface area contributed by atoms with Crippen LogP contribution < -0.4 is 10.6 Å². The molecule has 1 aliphatic heterocycles. The molecule has 1 saturated heterocycles. The predicted octanol–water partition coefficient (Wildman–Crippen LogP) is -1.56. The average molecular weight is 231 g/mol. The number of aliphatic carboxylic acids is 1. The van der Waals surface area contributed by atoms with E-state index in [0.717, 1.165) is 13.1 Å². The molecule has 4 N–H and O–H groups in total. The lowest BCUT2D eigenvalue weighted by atomic mass is 10.2. The van der Waals surface area contributed by atoms with Crippen LogP contribution in [-0.4, -0.2) is 65.9 Å². The van der Waals surface area contributed by atoms with Crippen LogP contribution in [0.1, 0.15) is 6.42 Å². The largest absolute Gasteiger partial charge is 0.479 e. The second-order valence-electron chi connectivity index (χ2n) is 3.61. The van der Waals surface area contributed by atoms with E-state index in [2.05, 4.69) is 10.6 Å². The molecular weight excluding hydrogens is 214 g/mol. The molecule has 1 heterocycles. The molecule has 0 spiro atoms. The van der Waals surface area contributed by atoms with Crippen LogP contribution in [-0.2, 0) is 4.79 Å². The van der Waals surface area contributed by atoms with E-state index in [1.165, 1.54) is 0 Å². The molecule has 1 rings (SSSR count). The lowest BCUT2D eigenvalue weighted by molar-refractivity contribution is -0.146. The van der Waals surface area contributed by atoms with E-state index >= 15 is 0 Å². The van der Waals surface area contributed by atoms with E-state index < -0.39 is 12.1 Å². The number of urea groups is 1. The third kappa shape index (κ3) is 4.03. The number of amides is 2. The Kier molecular flexibility index (Phi) is 5.00. The zero-order chi connectivity index (χ0) is 12.0. The van der Waals surface area contributed by atoms with Gasteiger partial charge in [0.05, 0.1) is 0 Å². The highest BCUT2D eigenvalue weighted by atomic mass is 16.4. The summed E-state index contributed by atoms with van der Waals surface area (Å²) in [6, 6.07) is -0.209. The number of rotatable bonds is 4. The number of carbonyl (C=O) groups excluding carboxylic acids is 1. The van der Waals surface area contributed by atoms with Crippen LogP contribution in [0.4, 0.5) is 4.79 Å². The second-order valence-corrected chi connectivity index (χ2v) is 3.61. The van der Waals surface area contributed by atoms with Gasteiger partial charge in [-0.2, -0.15) is 0 Å². The van der Waals surface area contributed by atoms with Crippen LogP contribution >= 0.6 is 0 Å². The first-order chi connectivity index (χ1) is 7.61. The number of hydrogen-bond acceptors (Lipinski definition) is 4. The molecule has 1 aliphatic rings. The third-order valence-corrected chi connectivity index (χ3v) is 2.38. The van der Waals surface area contributed by atoms with Gasteiger partial charge in [0.25, 0.3) is 0 Å². The Morgan fingerprint density at radius 1 is 1.38 bits per heavy atom. The van der Waals surface area contributed by atoms with Gasteiger partial charge in [-0.25, -0.2) is 9.59 Å². The topological polar surface area (TPSA) is 102 Å². The van der Waals surface area contributed by atoms with Gasteiger partial charge in [0, 0.05) is 39.1 Å². The van der Waals surface area contributed by atoms with Crippen molar-refractivity contribution in [3.8, 4) is 0 Å². The number of hydrogen-bond donors (Lipinski definition) is 4. The van der Waals surface area contributed by atoms with Gasteiger partial charge >= 0.3 is 12.0 Å². The second kappa shape index (κ2) is 6.29. The molecule has 0 bridgehead atoms. The molecule has 0 aromatic carbocycles. The Labute approximate surface area is 93.4 Å². The fraction of sp³-hybridized carbons (Fsp3) is 0.778. The van der Waals surface area contributed by atoms with Gasteiger partial charge in [-0.3, -0.25) is 0 Å². The van der Waals surface area contributed by atoms with Gasteiger partial charge < -0.3 is 25.7 Å². The van der Waals surface area contributed by atoms with Gasteiger partial charge in [-0.05, 0) is 0 Å². The van der Waals surface area contributed by atoms with E-state index in [1.807, 2.05) is 0 Å². The molecular formula is C9H17N3O4. The number of carboxylic acid groups (broad SMARTS) is 1. The first-order valence-electron chi connectivity index (χ1n) is 5.25. The molecule has 0 radical (unpaired) electrons. The molecule has 1 fully saturated rings. The number of carboxylic acids is 1. The minimum absolute atomic E-state index is 0.0210. The predicted molar refractivity (Wildman–Crippen MR) is 56.1 cm³/mol. The van der Waals surface area contributed by atoms with E-state index in [4.69, 9.17) is 10.2 Å². The van der Waals surface area contributed by atoms with Crippen molar-refractivity contribution in [3.63, 3.8) is 0 Å². The molecule has 0 saturated carbocycles. The van der Waals surface area contributed by atoms with Crippen molar-refractivity contribution in [1.29, 1.82) is 0 Å². The number of piperazine rings is 1. The van der Waals surface area contributed by atoms with Crippen molar-refractivity contribution in [3.05, 3.63) is 0 Å². The zero-order valence-electron chi connectivity index (χ0n) is 8.98. The van der Waals surface area contributed by atoms with Gasteiger partial charge in [-0.1, -0.05) is 0 Å². The molecule has 0 aromatic heterocycles. The highest BCUT2D eigenvalue weighted by Crippen LogP contribution is 1.94. The van der Waals surface area contributed by atoms with Crippen molar-refractivity contribution in [2.45, 2.75) is 12.5 Å². The van der Waals surface area contributed by atoms with Crippen LogP contribution in [0.5, 0.6) is 0 Å². The summed E-state index contributed by atoms with van der Waals surface area (Å²) >= 11 is 0. The molecule has 1 unspecified atom stereocenters. The van der Waals surface area contributed by atoms with Crippen molar-refractivity contribution in [1.82, 2.24) is 15.5 Å². The Morgan fingerprint density at radius 3 is 2.56 bits per heavy atom. The molecule has 0 aliphatic carbocycles. The van der Waals surface area contributed by atoms with Crippen molar-refractivity contribution < 1.29 is 19.8 Å². The smallest absolute Gasteiger partial charge is 0.332 e. The number of aliphatic hydroxyl groups excluding tert-OH is 1. The van der Waals surface area contributed by atoms with Crippen LogP contribution in [0.3, 0.4) is 0 Å². The highest BCUT2D eigenvalue weighted by Gasteiger charge is 2.17. The Morgan fingerprint density at radius 2 is 2.00 bits per heavy atom. The fourth-order valence-corrected chi connectivity index (χ4v) is 1.42. The molecule has 92 valence electrons. The molecule has 1 atom stereocenters. The number of aliphatic hydroxyl groups is 1. The molecule has 7 nitrogen and oxygen atoms in total. The van der Waals surface area contributed by atoms with Crippen LogP contribution in [0.2, 0.25) is 0 Å². The molecule has 7 heteroatoms. The van der Waals surface area contributed by atoms with Crippen LogP contribution in [0.25, 0.3) is 0 Å². The maximum atomic E-state index is 11.5. The fourth-order valence-electron chi connectivity index (χ4n) is 1.42. The quantitative estimate of drug-likeness (QED) is 0.468. The molecule has 0 aromatic rings. The average Bonchev–Trinajstić information content (AvgIpc) is 2.29. The summed E-state index contributed by atoms with van der Waals surface area (Å²) in [5, 5.41) is 23.1. The third-order valence-electron chi connectivity index (χ3n) is 2.38. The summed E-state index contributed by atoms with van der Waals surface area (Å²) in [7, 11) is 0. The maximum absolute atomic E-state index is 11.5. The monoisotopic (exact) mass is 231 g/mol. The summed E-state index contributed by atoms with van der Waals surface area (Å²) in [6.45, 7) is 2.99. The van der Waals surface area contributed by atoms with Gasteiger partial charge in [-0.15, -0.1) is 0 Å². The lowest BCUT2D eigenvalue weighted by Crippen LogP contribution is -2.50. The first-order valence-corrected chi connectivity index (χ1v) is 5.25. The van der Waals surface area contributed by atoms with Gasteiger partial charge in [0.2, 0.25) is 0 Å². The summed E-state index contributed by atoms with van der Waals surface area (Å²) < 4.78 is 0. The summed E-state index contributed by atoms with van der Waals surface area (Å²) in [5.41, 5.74) is 0. The summed E-state index contributed by atoms with van der Waals surface area (Å²) in [6.07, 6.45) is -1.39. The summed E-state index contributed by atoms with van der Waals surface area (Å²) in [5.74, 6) is -1.27. The number of nitrogens with one attached hydrogen (secondary N) is 2. The van der Waals surface area contributed by atoms with E-state index in [-0.39, 0.29) is 19.0 Å². The van der Waals surface area contributed by atoms with Gasteiger partial charge in [0.15, 0.2) is 6.10 Å². The minimum atomic E-state index is -1.41. The Bertz CT molecular complexity index is 253.